The van der Waals surface area contributed by atoms with Crippen molar-refractivity contribution in [2.45, 2.75) is 13.0 Å². The molecule has 152 valence electrons. The highest BCUT2D eigenvalue weighted by Crippen LogP contribution is 2.31. The fourth-order valence-electron chi connectivity index (χ4n) is 2.63. The average Bonchev–Trinajstić information content (AvgIpc) is 3.43. The Morgan fingerprint density at radius 1 is 1.13 bits per heavy atom. The summed E-state index contributed by atoms with van der Waals surface area (Å²) in [5.41, 5.74) is 1.33. The molecular weight excluding hydrogens is 429 g/mol. The number of carbonyl (C=O) groups is 1. The highest BCUT2D eigenvalue weighted by molar-refractivity contribution is 6.35. The van der Waals surface area contributed by atoms with Gasteiger partial charge in [-0.1, -0.05) is 28.4 Å². The van der Waals surface area contributed by atoms with E-state index in [-0.39, 0.29) is 11.7 Å². The normalized spacial score (nSPS) is 11.8. The van der Waals surface area contributed by atoms with Crippen LogP contribution in [0.25, 0.3) is 11.4 Å². The van der Waals surface area contributed by atoms with Crippen molar-refractivity contribution in [1.82, 2.24) is 10.1 Å². The third-order valence-corrected chi connectivity index (χ3v) is 4.66. The summed E-state index contributed by atoms with van der Waals surface area (Å²) in [4.78, 5) is 16.4. The minimum Gasteiger partial charge on any atom is -0.479 e. The molecule has 0 saturated heterocycles. The molecule has 0 fully saturated rings. The van der Waals surface area contributed by atoms with Gasteiger partial charge in [0, 0.05) is 16.3 Å². The number of halogens is 2. The Morgan fingerprint density at radius 2 is 1.93 bits per heavy atom. The lowest BCUT2D eigenvalue weighted by Crippen LogP contribution is -2.10. The molecular formula is C21H15Cl2N3O4. The zero-order chi connectivity index (χ0) is 21.1. The van der Waals surface area contributed by atoms with Crippen molar-refractivity contribution >= 4 is 34.8 Å². The molecule has 1 amide bonds. The second-order valence-electron chi connectivity index (χ2n) is 6.30. The van der Waals surface area contributed by atoms with E-state index in [4.69, 9.17) is 36.9 Å². The van der Waals surface area contributed by atoms with Gasteiger partial charge in [-0.05, 0) is 61.5 Å². The van der Waals surface area contributed by atoms with Gasteiger partial charge in [0.25, 0.3) is 11.8 Å². The lowest BCUT2D eigenvalue weighted by Gasteiger charge is -2.12. The Balaban J connectivity index is 1.43. The number of rotatable bonds is 6. The average molecular weight is 444 g/mol. The van der Waals surface area contributed by atoms with E-state index in [1.54, 1.807) is 61.5 Å². The monoisotopic (exact) mass is 443 g/mol. The van der Waals surface area contributed by atoms with E-state index in [1.165, 1.54) is 6.26 Å². The summed E-state index contributed by atoms with van der Waals surface area (Å²) in [6.07, 6.45) is 0.925. The molecule has 2 aromatic heterocycles. The summed E-state index contributed by atoms with van der Waals surface area (Å²) in [6, 6.07) is 15.2. The molecule has 0 aliphatic rings. The first-order valence-corrected chi connectivity index (χ1v) is 9.66. The van der Waals surface area contributed by atoms with Crippen LogP contribution < -0.4 is 10.1 Å². The number of carbonyl (C=O) groups excluding carboxylic acids is 1. The second-order valence-corrected chi connectivity index (χ2v) is 7.14. The molecule has 0 spiro atoms. The molecule has 4 aromatic rings. The molecule has 9 heteroatoms. The van der Waals surface area contributed by atoms with E-state index in [9.17, 15) is 4.79 Å². The van der Waals surface area contributed by atoms with Crippen LogP contribution in [0.2, 0.25) is 10.0 Å². The zero-order valence-electron chi connectivity index (χ0n) is 15.6. The Morgan fingerprint density at radius 3 is 2.63 bits per heavy atom. The Hall–Kier alpha value is -3.29. The van der Waals surface area contributed by atoms with Crippen LogP contribution in [0.3, 0.4) is 0 Å². The highest BCUT2D eigenvalue weighted by atomic mass is 35.5. The zero-order valence-corrected chi connectivity index (χ0v) is 17.1. The summed E-state index contributed by atoms with van der Waals surface area (Å²) in [5, 5.41) is 7.65. The maximum Gasteiger partial charge on any atom is 0.291 e. The number of hydrogen-bond donors (Lipinski definition) is 1. The van der Waals surface area contributed by atoms with Gasteiger partial charge in [0.2, 0.25) is 5.82 Å². The van der Waals surface area contributed by atoms with Gasteiger partial charge < -0.3 is 19.0 Å². The molecule has 1 atom stereocenters. The predicted octanol–water partition coefficient (Wildman–Crippen LogP) is 6.03. The molecule has 4 rings (SSSR count). The minimum absolute atomic E-state index is 0.233. The van der Waals surface area contributed by atoms with Gasteiger partial charge in [0.15, 0.2) is 11.9 Å². The number of aromatic nitrogens is 2. The number of furan rings is 1. The van der Waals surface area contributed by atoms with Crippen LogP contribution in [0, 0.1) is 0 Å². The third-order valence-electron chi connectivity index (χ3n) is 4.13. The SMILES string of the molecule is C[C@@H](Oc1ccc(Cl)cc1Cl)c1nc(-c2ccc(NC(=O)c3ccco3)cc2)no1. The van der Waals surface area contributed by atoms with E-state index in [1.807, 2.05) is 0 Å². The van der Waals surface area contributed by atoms with Crippen LogP contribution in [0.15, 0.2) is 69.8 Å². The van der Waals surface area contributed by atoms with Crippen LogP contribution >= 0.6 is 23.2 Å². The van der Waals surface area contributed by atoms with Crippen molar-refractivity contribution in [1.29, 1.82) is 0 Å². The van der Waals surface area contributed by atoms with E-state index in [0.717, 1.165) is 5.56 Å². The van der Waals surface area contributed by atoms with Gasteiger partial charge in [-0.25, -0.2) is 0 Å². The number of nitrogens with zero attached hydrogens (tertiary/aromatic N) is 2. The number of nitrogens with one attached hydrogen (secondary N) is 1. The lowest BCUT2D eigenvalue weighted by molar-refractivity contribution is 0.0996. The maximum absolute atomic E-state index is 12.0. The van der Waals surface area contributed by atoms with E-state index >= 15 is 0 Å². The topological polar surface area (TPSA) is 90.4 Å². The lowest BCUT2D eigenvalue weighted by atomic mass is 10.2. The van der Waals surface area contributed by atoms with Gasteiger partial charge in [0.1, 0.15) is 5.75 Å². The first kappa shape index (κ1) is 20.0. The predicted molar refractivity (Wildman–Crippen MR) is 112 cm³/mol. The molecule has 30 heavy (non-hydrogen) atoms. The van der Waals surface area contributed by atoms with Crippen LogP contribution in [0.1, 0.15) is 29.5 Å². The van der Waals surface area contributed by atoms with Crippen molar-refractivity contribution in [3.05, 3.63) is 82.6 Å². The maximum atomic E-state index is 12.0. The van der Waals surface area contributed by atoms with Gasteiger partial charge in [0.05, 0.1) is 11.3 Å². The van der Waals surface area contributed by atoms with Gasteiger partial charge in [-0.2, -0.15) is 4.98 Å². The molecule has 7 nitrogen and oxygen atoms in total. The number of amides is 1. The second kappa shape index (κ2) is 8.61. The molecule has 0 radical (unpaired) electrons. The van der Waals surface area contributed by atoms with Gasteiger partial charge >= 0.3 is 0 Å². The Bertz CT molecular complexity index is 1160. The van der Waals surface area contributed by atoms with E-state index in [0.29, 0.717) is 33.2 Å². The van der Waals surface area contributed by atoms with Crippen LogP contribution in [-0.4, -0.2) is 16.0 Å². The fraction of sp³-hybridized carbons (Fsp3) is 0.0952. The van der Waals surface area contributed by atoms with Crippen molar-refractivity contribution in [3.8, 4) is 17.1 Å². The summed E-state index contributed by atoms with van der Waals surface area (Å²) in [7, 11) is 0. The van der Waals surface area contributed by atoms with Crippen molar-refractivity contribution < 1.29 is 18.5 Å². The standard InChI is InChI=1S/C21H15Cl2N3O4/c1-12(29-17-9-6-14(22)11-16(17)23)21-25-19(26-30-21)13-4-7-15(8-5-13)24-20(27)18-3-2-10-28-18/h2-12H,1H3,(H,24,27)/t12-/m1/s1. The largest absolute Gasteiger partial charge is 0.479 e. The molecule has 0 aliphatic carbocycles. The summed E-state index contributed by atoms with van der Waals surface area (Å²) in [6.45, 7) is 1.77. The minimum atomic E-state index is -0.517. The Kier molecular flexibility index (Phi) is 5.74. The number of hydrogen-bond acceptors (Lipinski definition) is 6. The van der Waals surface area contributed by atoms with Crippen molar-refractivity contribution in [2.75, 3.05) is 5.32 Å². The summed E-state index contributed by atoms with van der Waals surface area (Å²) >= 11 is 12.0. The summed E-state index contributed by atoms with van der Waals surface area (Å²) < 4.78 is 16.2. The third kappa shape index (κ3) is 4.48. The van der Waals surface area contributed by atoms with E-state index < -0.39 is 6.10 Å². The molecule has 1 N–H and O–H groups in total. The van der Waals surface area contributed by atoms with Gasteiger partial charge in [-0.3, -0.25) is 4.79 Å². The van der Waals surface area contributed by atoms with Crippen LogP contribution in [0.5, 0.6) is 5.75 Å². The smallest absolute Gasteiger partial charge is 0.291 e. The molecule has 0 saturated carbocycles. The van der Waals surface area contributed by atoms with Crippen LogP contribution in [0.4, 0.5) is 5.69 Å². The number of benzene rings is 2. The molecule has 2 heterocycles. The summed E-state index contributed by atoms with van der Waals surface area (Å²) in [5.74, 6) is 1.06. The number of anilines is 1. The Labute approximate surface area is 181 Å². The molecule has 0 unspecified atom stereocenters. The van der Waals surface area contributed by atoms with E-state index in [2.05, 4.69) is 15.5 Å². The first-order valence-electron chi connectivity index (χ1n) is 8.90. The van der Waals surface area contributed by atoms with Gasteiger partial charge in [-0.15, -0.1) is 0 Å². The number of ether oxygens (including phenoxy) is 1. The molecule has 0 aliphatic heterocycles. The van der Waals surface area contributed by atoms with Crippen molar-refractivity contribution in [3.63, 3.8) is 0 Å². The molecule has 0 bridgehead atoms. The quantitative estimate of drug-likeness (QED) is 0.391. The fourth-order valence-corrected chi connectivity index (χ4v) is 3.09. The first-order chi connectivity index (χ1) is 14.5. The van der Waals surface area contributed by atoms with Crippen molar-refractivity contribution in [2.24, 2.45) is 0 Å². The molecule has 2 aromatic carbocycles. The highest BCUT2D eigenvalue weighted by Gasteiger charge is 2.18. The van der Waals surface area contributed by atoms with Crippen LogP contribution in [-0.2, 0) is 0 Å².